The van der Waals surface area contributed by atoms with Crippen LogP contribution in [0.1, 0.15) is 44.7 Å². The van der Waals surface area contributed by atoms with Gasteiger partial charge in [-0.15, -0.1) is 0 Å². The van der Waals surface area contributed by atoms with Gasteiger partial charge in [0.1, 0.15) is 5.82 Å². The van der Waals surface area contributed by atoms with E-state index in [2.05, 4.69) is 30.9 Å². The summed E-state index contributed by atoms with van der Waals surface area (Å²) in [6.07, 6.45) is 3.87. The first-order chi connectivity index (χ1) is 8.70. The maximum atomic E-state index is 13.2. The van der Waals surface area contributed by atoms with Crippen LogP contribution < -0.4 is 5.32 Å². The Kier molecular flexibility index (Phi) is 5.07. The van der Waals surface area contributed by atoms with E-state index in [0.717, 1.165) is 10.8 Å². The molecule has 0 aliphatic heterocycles. The number of halogens is 1. The van der Waals surface area contributed by atoms with Crippen LogP contribution in [0.25, 0.3) is 0 Å². The minimum absolute atomic E-state index is 0.146. The number of hydrogen-bond donors (Lipinski definition) is 1. The van der Waals surface area contributed by atoms with Gasteiger partial charge < -0.3 is 5.32 Å². The van der Waals surface area contributed by atoms with Crippen LogP contribution in [-0.4, -0.2) is 17.0 Å². The van der Waals surface area contributed by atoms with E-state index >= 15 is 0 Å². The quantitative estimate of drug-likeness (QED) is 0.860. The van der Waals surface area contributed by atoms with Crippen LogP contribution in [0.5, 0.6) is 0 Å². The van der Waals surface area contributed by atoms with Crippen molar-refractivity contribution in [2.24, 2.45) is 0 Å². The van der Waals surface area contributed by atoms with Gasteiger partial charge in [-0.2, -0.15) is 11.8 Å². The highest BCUT2D eigenvalue weighted by Crippen LogP contribution is 2.31. The highest BCUT2D eigenvalue weighted by atomic mass is 32.2. The minimum Gasteiger partial charge on any atom is -0.306 e. The molecule has 0 bridgehead atoms. The summed E-state index contributed by atoms with van der Waals surface area (Å²) in [5, 5.41) is 4.40. The predicted molar refractivity (Wildman–Crippen MR) is 77.5 cm³/mol. The molecular weight excluding hydrogens is 245 g/mol. The van der Waals surface area contributed by atoms with Crippen molar-refractivity contribution in [3.05, 3.63) is 35.6 Å². The Bertz CT molecular complexity index is 383. The normalized spacial score (nSPS) is 25.3. The Morgan fingerprint density at radius 2 is 2.28 bits per heavy atom. The molecule has 0 saturated heterocycles. The SMILES string of the molecule is CCSC1CCCC1NC(C)c1cccc(F)c1. The molecule has 0 amide bonds. The molecule has 1 nitrogen and oxygen atoms in total. The van der Waals surface area contributed by atoms with E-state index in [4.69, 9.17) is 0 Å². The standard InChI is InChI=1S/C15H22FNS/c1-3-18-15-9-5-8-14(15)17-11(2)12-6-4-7-13(16)10-12/h4,6-7,10-11,14-15,17H,3,5,8-9H2,1-2H3. The number of rotatable bonds is 5. The summed E-state index contributed by atoms with van der Waals surface area (Å²) >= 11 is 2.05. The lowest BCUT2D eigenvalue weighted by Crippen LogP contribution is -2.36. The molecule has 1 aromatic rings. The first-order valence-electron chi connectivity index (χ1n) is 6.84. The third kappa shape index (κ3) is 3.48. The molecule has 1 saturated carbocycles. The molecule has 0 spiro atoms. The molecule has 0 aromatic heterocycles. The summed E-state index contributed by atoms with van der Waals surface area (Å²) in [7, 11) is 0. The van der Waals surface area contributed by atoms with Crippen LogP contribution in [0.2, 0.25) is 0 Å². The van der Waals surface area contributed by atoms with Gasteiger partial charge in [-0.05, 0) is 43.2 Å². The first-order valence-corrected chi connectivity index (χ1v) is 7.88. The lowest BCUT2D eigenvalue weighted by atomic mass is 10.1. The summed E-state index contributed by atoms with van der Waals surface area (Å²) in [6, 6.07) is 7.72. The van der Waals surface area contributed by atoms with Crippen molar-refractivity contribution in [2.45, 2.75) is 50.4 Å². The van der Waals surface area contributed by atoms with Gasteiger partial charge in [0.2, 0.25) is 0 Å². The molecule has 1 fully saturated rings. The molecule has 18 heavy (non-hydrogen) atoms. The van der Waals surface area contributed by atoms with Crippen molar-refractivity contribution in [1.29, 1.82) is 0 Å². The smallest absolute Gasteiger partial charge is 0.123 e. The number of thioether (sulfide) groups is 1. The van der Waals surface area contributed by atoms with E-state index in [1.54, 1.807) is 12.1 Å². The van der Waals surface area contributed by atoms with Gasteiger partial charge in [0.25, 0.3) is 0 Å². The molecule has 3 unspecified atom stereocenters. The van der Waals surface area contributed by atoms with Gasteiger partial charge in [0, 0.05) is 17.3 Å². The van der Waals surface area contributed by atoms with E-state index in [-0.39, 0.29) is 11.9 Å². The average molecular weight is 267 g/mol. The zero-order valence-corrected chi connectivity index (χ0v) is 12.0. The number of nitrogens with one attached hydrogen (secondary N) is 1. The van der Waals surface area contributed by atoms with Gasteiger partial charge in [-0.3, -0.25) is 0 Å². The molecule has 3 atom stereocenters. The minimum atomic E-state index is -0.146. The maximum absolute atomic E-state index is 13.2. The predicted octanol–water partition coefficient (Wildman–Crippen LogP) is 4.15. The molecule has 2 rings (SSSR count). The second-order valence-electron chi connectivity index (χ2n) is 4.97. The second kappa shape index (κ2) is 6.58. The van der Waals surface area contributed by atoms with E-state index < -0.39 is 0 Å². The fraction of sp³-hybridized carbons (Fsp3) is 0.600. The monoisotopic (exact) mass is 267 g/mol. The third-order valence-corrected chi connectivity index (χ3v) is 4.97. The lowest BCUT2D eigenvalue weighted by Gasteiger charge is -2.25. The number of benzene rings is 1. The van der Waals surface area contributed by atoms with Gasteiger partial charge in [-0.25, -0.2) is 4.39 Å². The fourth-order valence-corrected chi connectivity index (χ4v) is 3.93. The van der Waals surface area contributed by atoms with Crippen LogP contribution in [0, 0.1) is 5.82 Å². The Labute approximate surface area is 114 Å². The molecule has 0 radical (unpaired) electrons. The maximum Gasteiger partial charge on any atom is 0.123 e. The molecular formula is C15H22FNS. The molecule has 100 valence electrons. The zero-order chi connectivity index (χ0) is 13.0. The largest absolute Gasteiger partial charge is 0.306 e. The molecule has 0 heterocycles. The summed E-state index contributed by atoms with van der Waals surface area (Å²) in [6.45, 7) is 4.34. The number of hydrogen-bond acceptors (Lipinski definition) is 2. The summed E-state index contributed by atoms with van der Waals surface area (Å²) in [4.78, 5) is 0. The Balaban J connectivity index is 1.96. The average Bonchev–Trinajstić information content (AvgIpc) is 2.77. The van der Waals surface area contributed by atoms with Gasteiger partial charge in [0.05, 0.1) is 0 Å². The van der Waals surface area contributed by atoms with Crippen molar-refractivity contribution >= 4 is 11.8 Å². The molecule has 1 aromatic carbocycles. The van der Waals surface area contributed by atoms with Crippen LogP contribution in [0.4, 0.5) is 4.39 Å². The van der Waals surface area contributed by atoms with E-state index in [0.29, 0.717) is 6.04 Å². The molecule has 1 aliphatic rings. The Morgan fingerprint density at radius 1 is 1.44 bits per heavy atom. The van der Waals surface area contributed by atoms with Crippen molar-refractivity contribution in [3.63, 3.8) is 0 Å². The summed E-state index contributed by atoms with van der Waals surface area (Å²) in [5.74, 6) is 1.03. The summed E-state index contributed by atoms with van der Waals surface area (Å²) in [5.41, 5.74) is 1.04. The Hall–Kier alpha value is -0.540. The van der Waals surface area contributed by atoms with Gasteiger partial charge in [0.15, 0.2) is 0 Å². The first kappa shape index (κ1) is 13.9. The van der Waals surface area contributed by atoms with Crippen LogP contribution in [-0.2, 0) is 0 Å². The van der Waals surface area contributed by atoms with Crippen molar-refractivity contribution in [1.82, 2.24) is 5.32 Å². The van der Waals surface area contributed by atoms with Crippen molar-refractivity contribution < 1.29 is 4.39 Å². The van der Waals surface area contributed by atoms with Crippen LogP contribution in [0.15, 0.2) is 24.3 Å². The van der Waals surface area contributed by atoms with Gasteiger partial charge in [-0.1, -0.05) is 25.5 Å². The second-order valence-corrected chi connectivity index (χ2v) is 6.49. The summed E-state index contributed by atoms with van der Waals surface area (Å²) < 4.78 is 13.2. The van der Waals surface area contributed by atoms with Crippen molar-refractivity contribution in [2.75, 3.05) is 5.75 Å². The van der Waals surface area contributed by atoms with Gasteiger partial charge >= 0.3 is 0 Å². The highest BCUT2D eigenvalue weighted by molar-refractivity contribution is 7.99. The van der Waals surface area contributed by atoms with E-state index in [1.165, 1.54) is 31.1 Å². The van der Waals surface area contributed by atoms with E-state index in [1.807, 2.05) is 6.07 Å². The lowest BCUT2D eigenvalue weighted by molar-refractivity contribution is 0.465. The highest BCUT2D eigenvalue weighted by Gasteiger charge is 2.28. The molecule has 1 aliphatic carbocycles. The Morgan fingerprint density at radius 3 is 3.00 bits per heavy atom. The van der Waals surface area contributed by atoms with Crippen molar-refractivity contribution in [3.8, 4) is 0 Å². The zero-order valence-electron chi connectivity index (χ0n) is 11.2. The van der Waals surface area contributed by atoms with Crippen LogP contribution >= 0.6 is 11.8 Å². The topological polar surface area (TPSA) is 12.0 Å². The third-order valence-electron chi connectivity index (χ3n) is 3.65. The van der Waals surface area contributed by atoms with E-state index in [9.17, 15) is 4.39 Å². The molecule has 3 heteroatoms. The van der Waals surface area contributed by atoms with Crippen LogP contribution in [0.3, 0.4) is 0 Å². The fourth-order valence-electron chi connectivity index (χ4n) is 2.72. The molecule has 1 N–H and O–H groups in total.